The SMILES string of the molecule is C=C1/C(=C\C=C2/CCC[C@]3(C)C([C@H](C)C/C=C(\Cl)S(=O)(=O)c4ccccc4)=CC[C@@H]23)C[C@H](O)C[C@H]1O. The molecule has 0 amide bonds. The molecule has 0 radical (unpaired) electrons. The van der Waals surface area contributed by atoms with Crippen LogP contribution in [0.1, 0.15) is 58.8 Å². The number of aliphatic hydroxyl groups excluding tert-OH is 2. The highest BCUT2D eigenvalue weighted by Crippen LogP contribution is 2.57. The van der Waals surface area contributed by atoms with E-state index in [1.165, 1.54) is 11.1 Å². The Hall–Kier alpha value is -1.92. The number of rotatable bonds is 6. The average molecular weight is 529 g/mol. The Bertz CT molecular complexity index is 1220. The molecule has 1 aromatic rings. The zero-order chi connectivity index (χ0) is 26.1. The number of hydrogen-bond acceptors (Lipinski definition) is 4. The second-order valence-electron chi connectivity index (χ2n) is 10.7. The molecule has 2 N–H and O–H groups in total. The lowest BCUT2D eigenvalue weighted by molar-refractivity contribution is 0.0862. The Morgan fingerprint density at radius 3 is 2.69 bits per heavy atom. The van der Waals surface area contributed by atoms with Gasteiger partial charge in [0.2, 0.25) is 9.84 Å². The van der Waals surface area contributed by atoms with E-state index in [0.29, 0.717) is 30.8 Å². The third kappa shape index (κ3) is 5.35. The largest absolute Gasteiger partial charge is 0.393 e. The monoisotopic (exact) mass is 528 g/mol. The fourth-order valence-electron chi connectivity index (χ4n) is 6.30. The Labute approximate surface area is 220 Å². The Balaban J connectivity index is 1.49. The van der Waals surface area contributed by atoms with Crippen molar-refractivity contribution in [3.05, 3.63) is 87.9 Å². The fraction of sp³-hybridized carbons (Fsp3) is 0.467. The van der Waals surface area contributed by atoms with Crippen molar-refractivity contribution in [2.75, 3.05) is 0 Å². The van der Waals surface area contributed by atoms with Gasteiger partial charge < -0.3 is 10.2 Å². The summed E-state index contributed by atoms with van der Waals surface area (Å²) < 4.78 is 25.5. The van der Waals surface area contributed by atoms with E-state index in [9.17, 15) is 18.6 Å². The Kier molecular flexibility index (Phi) is 8.16. The highest BCUT2D eigenvalue weighted by molar-refractivity contribution is 7.96. The second kappa shape index (κ2) is 10.8. The van der Waals surface area contributed by atoms with Crippen LogP contribution in [0.5, 0.6) is 0 Å². The molecule has 4 rings (SSSR count). The fourth-order valence-corrected chi connectivity index (χ4v) is 7.71. The molecule has 36 heavy (non-hydrogen) atoms. The summed E-state index contributed by atoms with van der Waals surface area (Å²) in [4.78, 5) is 0.211. The van der Waals surface area contributed by atoms with Gasteiger partial charge in [0.05, 0.1) is 17.1 Å². The van der Waals surface area contributed by atoms with Crippen LogP contribution in [-0.2, 0) is 9.84 Å². The number of hydrogen-bond donors (Lipinski definition) is 2. The number of fused-ring (bicyclic) bond motifs is 1. The van der Waals surface area contributed by atoms with Gasteiger partial charge in [-0.1, -0.05) is 85.7 Å². The molecule has 0 spiro atoms. The van der Waals surface area contributed by atoms with Crippen molar-refractivity contribution in [2.24, 2.45) is 17.3 Å². The van der Waals surface area contributed by atoms with Crippen LogP contribution in [0.25, 0.3) is 0 Å². The van der Waals surface area contributed by atoms with E-state index in [1.54, 1.807) is 36.4 Å². The van der Waals surface area contributed by atoms with Crippen LogP contribution in [0, 0.1) is 17.3 Å². The molecule has 0 heterocycles. The third-order valence-corrected chi connectivity index (χ3v) is 10.7. The van der Waals surface area contributed by atoms with Crippen molar-refractivity contribution in [3.8, 4) is 0 Å². The summed E-state index contributed by atoms with van der Waals surface area (Å²) in [7, 11) is -3.69. The lowest BCUT2D eigenvalue weighted by atomic mass is 9.62. The van der Waals surface area contributed by atoms with Gasteiger partial charge in [0.15, 0.2) is 0 Å². The van der Waals surface area contributed by atoms with Gasteiger partial charge >= 0.3 is 0 Å². The zero-order valence-corrected chi connectivity index (χ0v) is 22.7. The maximum Gasteiger partial charge on any atom is 0.216 e. The topological polar surface area (TPSA) is 74.6 Å². The van der Waals surface area contributed by atoms with Gasteiger partial charge in [-0.25, -0.2) is 8.42 Å². The first-order chi connectivity index (χ1) is 17.0. The summed E-state index contributed by atoms with van der Waals surface area (Å²) in [6.07, 6.45) is 12.7. The van der Waals surface area contributed by atoms with Crippen molar-refractivity contribution in [2.45, 2.75) is 75.9 Å². The molecule has 3 aliphatic rings. The molecule has 6 heteroatoms. The molecular formula is C30H37ClO4S. The number of halogens is 1. The van der Waals surface area contributed by atoms with Gasteiger partial charge in [-0.15, -0.1) is 0 Å². The maximum absolute atomic E-state index is 12.8. The Morgan fingerprint density at radius 2 is 1.97 bits per heavy atom. The predicted octanol–water partition coefficient (Wildman–Crippen LogP) is 6.63. The quantitative estimate of drug-likeness (QED) is 0.406. The van der Waals surface area contributed by atoms with Crippen LogP contribution in [0.3, 0.4) is 0 Å². The molecule has 2 fully saturated rings. The van der Waals surface area contributed by atoms with E-state index in [-0.39, 0.29) is 20.6 Å². The van der Waals surface area contributed by atoms with Crippen molar-refractivity contribution < 1.29 is 18.6 Å². The van der Waals surface area contributed by atoms with Crippen LogP contribution in [0.4, 0.5) is 0 Å². The number of sulfone groups is 1. The zero-order valence-electron chi connectivity index (χ0n) is 21.2. The second-order valence-corrected chi connectivity index (χ2v) is 13.3. The van der Waals surface area contributed by atoms with Gasteiger partial charge in [-0.3, -0.25) is 0 Å². The van der Waals surface area contributed by atoms with Crippen LogP contribution in [0.2, 0.25) is 0 Å². The van der Waals surface area contributed by atoms with Crippen molar-refractivity contribution in [3.63, 3.8) is 0 Å². The molecule has 194 valence electrons. The Morgan fingerprint density at radius 1 is 1.25 bits per heavy atom. The summed E-state index contributed by atoms with van der Waals surface area (Å²) in [6.45, 7) is 8.53. The number of aliphatic hydroxyl groups is 2. The van der Waals surface area contributed by atoms with Gasteiger partial charge in [0.1, 0.15) is 4.36 Å². The molecule has 2 saturated carbocycles. The maximum atomic E-state index is 12.8. The van der Waals surface area contributed by atoms with Crippen LogP contribution in [-0.4, -0.2) is 30.8 Å². The molecule has 0 bridgehead atoms. The highest BCUT2D eigenvalue weighted by atomic mass is 35.5. The van der Waals surface area contributed by atoms with E-state index < -0.39 is 22.0 Å². The number of allylic oxidation sites excluding steroid dienone is 6. The summed E-state index contributed by atoms with van der Waals surface area (Å²) in [5.41, 5.74) is 4.46. The van der Waals surface area contributed by atoms with Gasteiger partial charge in [0, 0.05) is 6.42 Å². The van der Waals surface area contributed by atoms with E-state index in [1.807, 2.05) is 6.08 Å². The van der Waals surface area contributed by atoms with E-state index in [0.717, 1.165) is 31.3 Å². The normalized spacial score (nSPS) is 32.5. The first-order valence-electron chi connectivity index (χ1n) is 12.8. The minimum absolute atomic E-state index is 0.0310. The van der Waals surface area contributed by atoms with Gasteiger partial charge in [-0.2, -0.15) is 0 Å². The molecule has 3 aliphatic carbocycles. The molecule has 4 nitrogen and oxygen atoms in total. The van der Waals surface area contributed by atoms with Gasteiger partial charge in [-0.05, 0) is 79.1 Å². The van der Waals surface area contributed by atoms with Crippen molar-refractivity contribution in [1.82, 2.24) is 0 Å². The lowest BCUT2D eigenvalue weighted by Gasteiger charge is -2.42. The highest BCUT2D eigenvalue weighted by Gasteiger charge is 2.45. The first kappa shape index (κ1) is 27.1. The number of benzene rings is 1. The van der Waals surface area contributed by atoms with Crippen LogP contribution < -0.4 is 0 Å². The van der Waals surface area contributed by atoms with E-state index >= 15 is 0 Å². The molecule has 0 aliphatic heterocycles. The van der Waals surface area contributed by atoms with Crippen molar-refractivity contribution >= 4 is 21.4 Å². The van der Waals surface area contributed by atoms with E-state index in [2.05, 4.69) is 32.6 Å². The summed E-state index contributed by atoms with van der Waals surface area (Å²) in [5.74, 6) is 0.584. The minimum atomic E-state index is -3.69. The summed E-state index contributed by atoms with van der Waals surface area (Å²) in [6, 6.07) is 8.31. The molecule has 0 unspecified atom stereocenters. The molecule has 1 aromatic carbocycles. The summed E-state index contributed by atoms with van der Waals surface area (Å²) >= 11 is 6.30. The standard InChI is InChI=1S/C30H37ClO4S/c1-20(11-16-29(31)36(34,35)25-9-5-4-6-10-25)26-14-15-27-22(8-7-17-30(26,27)3)12-13-23-18-24(32)19-28(33)21(23)2/h4-6,9-10,12-14,16,20,24,27-28,32-33H,2,7-8,11,15,17-19H2,1,3H3/b22-12+,23-13-,29-16+/t20-,24+,27+,28-,30-/m1/s1. The third-order valence-electron chi connectivity index (χ3n) is 8.35. The van der Waals surface area contributed by atoms with Crippen LogP contribution >= 0.6 is 11.6 Å². The molecular weight excluding hydrogens is 492 g/mol. The van der Waals surface area contributed by atoms with Crippen molar-refractivity contribution in [1.29, 1.82) is 0 Å². The minimum Gasteiger partial charge on any atom is -0.393 e. The van der Waals surface area contributed by atoms with Gasteiger partial charge in [0.25, 0.3) is 0 Å². The van der Waals surface area contributed by atoms with E-state index in [4.69, 9.17) is 11.6 Å². The molecule has 0 saturated heterocycles. The van der Waals surface area contributed by atoms with Crippen LogP contribution in [0.15, 0.2) is 92.8 Å². The molecule has 0 aromatic heterocycles. The molecule has 5 atom stereocenters. The smallest absolute Gasteiger partial charge is 0.216 e. The lowest BCUT2D eigenvalue weighted by Crippen LogP contribution is -2.32. The predicted molar refractivity (Wildman–Crippen MR) is 146 cm³/mol. The average Bonchev–Trinajstić information content (AvgIpc) is 3.21. The summed E-state index contributed by atoms with van der Waals surface area (Å²) in [5, 5.41) is 20.2. The first-order valence-corrected chi connectivity index (χ1v) is 14.7.